The highest BCUT2D eigenvalue weighted by molar-refractivity contribution is 4.62. The second kappa shape index (κ2) is 5.61. The molecule has 0 saturated carbocycles. The van der Waals surface area contributed by atoms with Gasteiger partial charge in [-0.2, -0.15) is 0 Å². The summed E-state index contributed by atoms with van der Waals surface area (Å²) < 4.78 is 0. The van der Waals surface area contributed by atoms with Crippen molar-refractivity contribution in [2.24, 2.45) is 23.7 Å². The zero-order valence-electron chi connectivity index (χ0n) is 9.72. The molecule has 0 heterocycles. The Bertz CT molecular complexity index is 88.6. The van der Waals surface area contributed by atoms with E-state index in [0.717, 1.165) is 23.7 Å². The minimum atomic E-state index is 0.851. The molecule has 0 rings (SSSR count). The Morgan fingerprint density at radius 3 is 1.00 bits per heavy atom. The van der Waals surface area contributed by atoms with Crippen molar-refractivity contribution >= 4 is 0 Å². The summed E-state index contributed by atoms with van der Waals surface area (Å²) in [7, 11) is 0. The first-order chi connectivity index (χ1) is 5.45. The van der Waals surface area contributed by atoms with E-state index >= 15 is 0 Å². The van der Waals surface area contributed by atoms with Crippen LogP contribution in [0.15, 0.2) is 0 Å². The topological polar surface area (TPSA) is 0 Å². The van der Waals surface area contributed by atoms with Crippen LogP contribution in [0.3, 0.4) is 0 Å². The minimum absolute atomic E-state index is 0.851. The predicted molar refractivity (Wildman–Crippen MR) is 57.2 cm³/mol. The molecular formula is C12H26. The van der Waals surface area contributed by atoms with Gasteiger partial charge in [0.25, 0.3) is 0 Å². The second-order valence-electron chi connectivity index (χ2n) is 5.02. The first-order valence-electron chi connectivity index (χ1n) is 5.45. The number of rotatable bonds is 5. The van der Waals surface area contributed by atoms with Crippen molar-refractivity contribution in [2.75, 3.05) is 0 Å². The Morgan fingerprint density at radius 1 is 0.583 bits per heavy atom. The molecule has 0 bridgehead atoms. The fraction of sp³-hybridized carbons (Fsp3) is 1.00. The molecule has 0 nitrogen and oxygen atoms in total. The van der Waals surface area contributed by atoms with Crippen LogP contribution in [0.2, 0.25) is 0 Å². The van der Waals surface area contributed by atoms with Crippen molar-refractivity contribution in [3.8, 4) is 0 Å². The summed E-state index contributed by atoms with van der Waals surface area (Å²) >= 11 is 0. The third-order valence-electron chi connectivity index (χ3n) is 3.35. The molecule has 0 aliphatic carbocycles. The zero-order valence-corrected chi connectivity index (χ0v) is 9.72. The lowest BCUT2D eigenvalue weighted by molar-refractivity contribution is 0.312. The molecule has 0 amide bonds. The quantitative estimate of drug-likeness (QED) is 0.575. The third-order valence-corrected chi connectivity index (χ3v) is 3.35. The number of hydrogen-bond acceptors (Lipinski definition) is 0. The molecule has 0 aromatic heterocycles. The van der Waals surface area contributed by atoms with Gasteiger partial charge < -0.3 is 0 Å². The van der Waals surface area contributed by atoms with Crippen LogP contribution in [0.5, 0.6) is 0 Å². The summed E-state index contributed by atoms with van der Waals surface area (Å²) in [5, 5.41) is 0. The monoisotopic (exact) mass is 170 g/mol. The van der Waals surface area contributed by atoms with Crippen molar-refractivity contribution in [3.63, 3.8) is 0 Å². The summed E-state index contributed by atoms with van der Waals surface area (Å²) in [6.07, 6.45) is 2.80. The van der Waals surface area contributed by atoms with Gasteiger partial charge in [-0.3, -0.25) is 0 Å². The summed E-state index contributed by atoms with van der Waals surface area (Å²) in [4.78, 5) is 0. The SMILES string of the molecule is CC(C)[C@H](C)CC[C@H](C)C(C)C. The maximum absolute atomic E-state index is 2.37. The number of hydrogen-bond donors (Lipinski definition) is 0. The third kappa shape index (κ3) is 4.79. The molecule has 0 radical (unpaired) electrons. The second-order valence-corrected chi connectivity index (χ2v) is 5.02. The molecule has 74 valence electrons. The van der Waals surface area contributed by atoms with Crippen LogP contribution in [-0.2, 0) is 0 Å². The summed E-state index contributed by atoms with van der Waals surface area (Å²) in [5.74, 6) is 3.49. The van der Waals surface area contributed by atoms with Crippen LogP contribution in [0, 0.1) is 23.7 Å². The van der Waals surface area contributed by atoms with Crippen LogP contribution in [0.25, 0.3) is 0 Å². The Balaban J connectivity index is 3.54. The maximum atomic E-state index is 2.37. The molecule has 12 heavy (non-hydrogen) atoms. The molecule has 0 saturated heterocycles. The van der Waals surface area contributed by atoms with Gasteiger partial charge in [0.2, 0.25) is 0 Å². The smallest absolute Gasteiger partial charge is 0.0420 e. The predicted octanol–water partition coefficient (Wildman–Crippen LogP) is 4.35. The van der Waals surface area contributed by atoms with Crippen molar-refractivity contribution in [2.45, 2.75) is 54.4 Å². The van der Waals surface area contributed by atoms with Gasteiger partial charge in [-0.25, -0.2) is 0 Å². The Hall–Kier alpha value is 0. The van der Waals surface area contributed by atoms with Gasteiger partial charge in [-0.15, -0.1) is 0 Å². The molecule has 0 aliphatic heterocycles. The zero-order chi connectivity index (χ0) is 9.72. The molecule has 2 atom stereocenters. The lowest BCUT2D eigenvalue weighted by Gasteiger charge is -2.20. The largest absolute Gasteiger partial charge is 0.0625 e. The van der Waals surface area contributed by atoms with Crippen molar-refractivity contribution in [1.82, 2.24) is 0 Å². The molecule has 0 fully saturated rings. The molecule has 0 aromatic rings. The Kier molecular flexibility index (Phi) is 5.61. The standard InChI is InChI=1S/C12H26/c1-9(2)11(5)7-8-12(6)10(3)4/h9-12H,7-8H2,1-6H3/t11-,12+. The summed E-state index contributed by atoms with van der Waals surface area (Å²) in [6.45, 7) is 14.0. The lowest BCUT2D eigenvalue weighted by atomic mass is 9.86. The first kappa shape index (κ1) is 12.0. The average molecular weight is 170 g/mol. The van der Waals surface area contributed by atoms with Gasteiger partial charge in [0.05, 0.1) is 0 Å². The first-order valence-corrected chi connectivity index (χ1v) is 5.45. The minimum Gasteiger partial charge on any atom is -0.0625 e. The van der Waals surface area contributed by atoms with E-state index in [1.807, 2.05) is 0 Å². The van der Waals surface area contributed by atoms with Gasteiger partial charge in [0.1, 0.15) is 0 Å². The van der Waals surface area contributed by atoms with E-state index in [1.165, 1.54) is 12.8 Å². The van der Waals surface area contributed by atoms with Crippen LogP contribution in [-0.4, -0.2) is 0 Å². The van der Waals surface area contributed by atoms with E-state index in [-0.39, 0.29) is 0 Å². The van der Waals surface area contributed by atoms with Crippen molar-refractivity contribution < 1.29 is 0 Å². The van der Waals surface area contributed by atoms with Crippen molar-refractivity contribution in [3.05, 3.63) is 0 Å². The van der Waals surface area contributed by atoms with Crippen LogP contribution < -0.4 is 0 Å². The van der Waals surface area contributed by atoms with E-state index in [0.29, 0.717) is 0 Å². The summed E-state index contributed by atoms with van der Waals surface area (Å²) in [5.41, 5.74) is 0. The normalized spacial score (nSPS) is 17.0. The van der Waals surface area contributed by atoms with E-state index in [1.54, 1.807) is 0 Å². The fourth-order valence-electron chi connectivity index (χ4n) is 1.19. The van der Waals surface area contributed by atoms with Gasteiger partial charge >= 0.3 is 0 Å². The highest BCUT2D eigenvalue weighted by Crippen LogP contribution is 2.22. The lowest BCUT2D eigenvalue weighted by Crippen LogP contribution is -2.09. The van der Waals surface area contributed by atoms with Gasteiger partial charge in [-0.05, 0) is 23.7 Å². The Labute approximate surface area is 78.8 Å². The highest BCUT2D eigenvalue weighted by atomic mass is 14.2. The average Bonchev–Trinajstić information content (AvgIpc) is 1.98. The fourth-order valence-corrected chi connectivity index (χ4v) is 1.19. The van der Waals surface area contributed by atoms with Gasteiger partial charge in [0.15, 0.2) is 0 Å². The molecular weight excluding hydrogens is 144 g/mol. The van der Waals surface area contributed by atoms with E-state index in [9.17, 15) is 0 Å². The van der Waals surface area contributed by atoms with Crippen LogP contribution >= 0.6 is 0 Å². The molecule has 0 aliphatic rings. The molecule has 0 N–H and O–H groups in total. The maximum Gasteiger partial charge on any atom is -0.0420 e. The van der Waals surface area contributed by atoms with E-state index in [4.69, 9.17) is 0 Å². The van der Waals surface area contributed by atoms with Crippen LogP contribution in [0.1, 0.15) is 54.4 Å². The van der Waals surface area contributed by atoms with E-state index < -0.39 is 0 Å². The molecule has 0 unspecified atom stereocenters. The van der Waals surface area contributed by atoms with Crippen molar-refractivity contribution in [1.29, 1.82) is 0 Å². The Morgan fingerprint density at radius 2 is 0.833 bits per heavy atom. The molecule has 0 spiro atoms. The highest BCUT2D eigenvalue weighted by Gasteiger charge is 2.11. The van der Waals surface area contributed by atoms with Crippen LogP contribution in [0.4, 0.5) is 0 Å². The summed E-state index contributed by atoms with van der Waals surface area (Å²) in [6, 6.07) is 0. The molecule has 0 heteroatoms. The van der Waals surface area contributed by atoms with Gasteiger partial charge in [-0.1, -0.05) is 54.4 Å². The van der Waals surface area contributed by atoms with Gasteiger partial charge in [0, 0.05) is 0 Å². The molecule has 0 aromatic carbocycles. The van der Waals surface area contributed by atoms with E-state index in [2.05, 4.69) is 41.5 Å².